The van der Waals surface area contributed by atoms with E-state index in [2.05, 4.69) is 9.98 Å². The Balaban J connectivity index is 1.87. The van der Waals surface area contributed by atoms with Crippen molar-refractivity contribution in [3.8, 4) is 5.75 Å². The van der Waals surface area contributed by atoms with Gasteiger partial charge in [0.2, 0.25) is 0 Å². The molecule has 28 heavy (non-hydrogen) atoms. The third-order valence-electron chi connectivity index (χ3n) is 3.85. The van der Waals surface area contributed by atoms with E-state index in [1.54, 1.807) is 30.6 Å². The molecule has 4 N–H and O–H groups in total. The first-order chi connectivity index (χ1) is 13.6. The zero-order chi connectivity index (χ0) is 19.8. The summed E-state index contributed by atoms with van der Waals surface area (Å²) in [7, 11) is 0. The Bertz CT molecular complexity index is 995. The van der Waals surface area contributed by atoms with Crippen LogP contribution in [0.4, 0.5) is 0 Å². The maximum absolute atomic E-state index is 12.5. The number of rotatable bonds is 6. The number of carbonyl (C=O) groups is 1. The zero-order valence-corrected chi connectivity index (χ0v) is 15.2. The molecule has 6 nitrogen and oxygen atoms in total. The minimum absolute atomic E-state index is 0.292. The second kappa shape index (κ2) is 9.14. The van der Waals surface area contributed by atoms with Crippen molar-refractivity contribution in [2.45, 2.75) is 6.61 Å². The van der Waals surface area contributed by atoms with Gasteiger partial charge in [-0.25, -0.2) is 0 Å². The molecule has 0 radical (unpaired) electrons. The Kier molecular flexibility index (Phi) is 6.15. The molecule has 1 heterocycles. The summed E-state index contributed by atoms with van der Waals surface area (Å²) in [6, 6.07) is 20.8. The molecular formula is C22H20N4O2. The second-order valence-corrected chi connectivity index (χ2v) is 5.99. The largest absolute Gasteiger partial charge is 0.489 e. The summed E-state index contributed by atoms with van der Waals surface area (Å²) in [5, 5.41) is 0. The van der Waals surface area contributed by atoms with Crippen molar-refractivity contribution >= 4 is 23.5 Å². The summed E-state index contributed by atoms with van der Waals surface area (Å²) in [6.07, 6.45) is 4.92. The van der Waals surface area contributed by atoms with E-state index >= 15 is 0 Å². The highest BCUT2D eigenvalue weighted by atomic mass is 16.5. The quantitative estimate of drug-likeness (QED) is 0.393. The molecule has 1 aromatic heterocycles. The van der Waals surface area contributed by atoms with Gasteiger partial charge in [0.25, 0.3) is 5.91 Å². The van der Waals surface area contributed by atoms with Crippen LogP contribution in [0.3, 0.4) is 0 Å². The van der Waals surface area contributed by atoms with Gasteiger partial charge in [0.05, 0.1) is 5.57 Å². The number of guanidine groups is 1. The van der Waals surface area contributed by atoms with E-state index in [1.807, 2.05) is 54.6 Å². The molecule has 0 aliphatic carbocycles. The van der Waals surface area contributed by atoms with Crippen LogP contribution < -0.4 is 16.2 Å². The van der Waals surface area contributed by atoms with E-state index in [9.17, 15) is 4.79 Å². The minimum atomic E-state index is -0.538. The van der Waals surface area contributed by atoms with Crippen LogP contribution in [0, 0.1) is 0 Å². The number of ether oxygens (including phenoxy) is 1. The molecule has 0 aliphatic rings. The molecule has 0 unspecified atom stereocenters. The second-order valence-electron chi connectivity index (χ2n) is 5.99. The van der Waals surface area contributed by atoms with Crippen molar-refractivity contribution in [1.82, 2.24) is 4.98 Å². The van der Waals surface area contributed by atoms with Gasteiger partial charge in [-0.2, -0.15) is 4.99 Å². The predicted molar refractivity (Wildman–Crippen MR) is 110 cm³/mol. The lowest BCUT2D eigenvalue weighted by Gasteiger charge is -2.08. The fourth-order valence-corrected chi connectivity index (χ4v) is 2.57. The van der Waals surface area contributed by atoms with Crippen LogP contribution in [0.2, 0.25) is 0 Å². The molecule has 3 aromatic rings. The van der Waals surface area contributed by atoms with Crippen molar-refractivity contribution in [1.29, 1.82) is 0 Å². The van der Waals surface area contributed by atoms with Gasteiger partial charge in [-0.15, -0.1) is 0 Å². The molecular weight excluding hydrogens is 352 g/mol. The van der Waals surface area contributed by atoms with Gasteiger partial charge in [0.1, 0.15) is 12.4 Å². The van der Waals surface area contributed by atoms with E-state index in [-0.39, 0.29) is 5.96 Å². The van der Waals surface area contributed by atoms with Crippen LogP contribution in [-0.4, -0.2) is 16.9 Å². The molecule has 3 rings (SSSR count). The van der Waals surface area contributed by atoms with Crippen molar-refractivity contribution < 1.29 is 9.53 Å². The van der Waals surface area contributed by atoms with Gasteiger partial charge in [-0.1, -0.05) is 48.5 Å². The average molecular weight is 372 g/mol. The normalized spacial score (nSPS) is 10.9. The zero-order valence-electron chi connectivity index (χ0n) is 15.2. The molecule has 0 spiro atoms. The molecule has 1 amide bonds. The lowest BCUT2D eigenvalue weighted by Crippen LogP contribution is -2.24. The van der Waals surface area contributed by atoms with E-state index < -0.39 is 5.91 Å². The first-order valence-electron chi connectivity index (χ1n) is 8.64. The number of hydrogen-bond acceptors (Lipinski definition) is 3. The highest BCUT2D eigenvalue weighted by molar-refractivity contribution is 6.26. The Labute approximate surface area is 163 Å². The molecule has 0 aliphatic heterocycles. The van der Waals surface area contributed by atoms with Crippen molar-refractivity contribution in [2.24, 2.45) is 16.5 Å². The number of benzene rings is 2. The summed E-state index contributed by atoms with van der Waals surface area (Å²) in [5.74, 6) is -0.138. The molecule has 0 saturated heterocycles. The Morgan fingerprint density at radius 1 is 1.04 bits per heavy atom. The van der Waals surface area contributed by atoms with Crippen LogP contribution in [-0.2, 0) is 11.4 Å². The standard InChI is InChI=1S/C22H20N4O2/c23-22(24)26-21(27)20(18-9-5-11-25-14-18)13-17-8-4-10-19(12-17)28-15-16-6-2-1-3-7-16/h1-14H,15H2,(H4,23,24,26,27)/b20-13+. The number of nitrogens with zero attached hydrogens (tertiary/aromatic N) is 2. The first kappa shape index (κ1) is 18.8. The molecule has 0 bridgehead atoms. The molecule has 0 saturated carbocycles. The number of carbonyl (C=O) groups excluding carboxylic acids is 1. The van der Waals surface area contributed by atoms with Gasteiger partial charge in [-0.05, 0) is 35.4 Å². The summed E-state index contributed by atoms with van der Waals surface area (Å²) in [6.45, 7) is 0.455. The van der Waals surface area contributed by atoms with Gasteiger partial charge in [-0.3, -0.25) is 9.78 Å². The van der Waals surface area contributed by atoms with Crippen LogP contribution >= 0.6 is 0 Å². The monoisotopic (exact) mass is 372 g/mol. The highest BCUT2D eigenvalue weighted by Gasteiger charge is 2.12. The predicted octanol–water partition coefficient (Wildman–Crippen LogP) is 3.00. The van der Waals surface area contributed by atoms with E-state index in [4.69, 9.17) is 16.2 Å². The fraction of sp³-hybridized carbons (Fsp3) is 0.0455. The highest BCUT2D eigenvalue weighted by Crippen LogP contribution is 2.22. The van der Waals surface area contributed by atoms with Crippen LogP contribution in [0.25, 0.3) is 11.6 Å². The van der Waals surface area contributed by atoms with E-state index in [1.165, 1.54) is 0 Å². The lowest BCUT2D eigenvalue weighted by molar-refractivity contribution is -0.112. The summed E-state index contributed by atoms with van der Waals surface area (Å²) in [5.41, 5.74) is 13.5. The SMILES string of the molecule is NC(N)=NC(=O)/C(=C/c1cccc(OCc2ccccc2)c1)c1cccnc1. The third kappa shape index (κ3) is 5.28. The van der Waals surface area contributed by atoms with Gasteiger partial charge >= 0.3 is 0 Å². The average Bonchev–Trinajstić information content (AvgIpc) is 2.72. The molecule has 0 fully saturated rings. The van der Waals surface area contributed by atoms with Crippen LogP contribution in [0.1, 0.15) is 16.7 Å². The third-order valence-corrected chi connectivity index (χ3v) is 3.85. The molecule has 6 heteroatoms. The number of nitrogens with two attached hydrogens (primary N) is 2. The summed E-state index contributed by atoms with van der Waals surface area (Å²) >= 11 is 0. The van der Waals surface area contributed by atoms with Crippen LogP contribution in [0.5, 0.6) is 5.75 Å². The Hall–Kier alpha value is -3.93. The summed E-state index contributed by atoms with van der Waals surface area (Å²) in [4.78, 5) is 20.2. The lowest BCUT2D eigenvalue weighted by atomic mass is 10.0. The number of aromatic nitrogens is 1. The topological polar surface area (TPSA) is 104 Å². The van der Waals surface area contributed by atoms with Gasteiger partial charge in [0.15, 0.2) is 5.96 Å². The number of aliphatic imine (C=N–C) groups is 1. The summed E-state index contributed by atoms with van der Waals surface area (Å²) < 4.78 is 5.85. The van der Waals surface area contributed by atoms with Crippen molar-refractivity contribution in [2.75, 3.05) is 0 Å². The number of hydrogen-bond donors (Lipinski definition) is 2. The van der Waals surface area contributed by atoms with Crippen molar-refractivity contribution in [3.05, 3.63) is 95.8 Å². The van der Waals surface area contributed by atoms with Crippen molar-refractivity contribution in [3.63, 3.8) is 0 Å². The van der Waals surface area contributed by atoms with E-state index in [0.717, 1.165) is 11.1 Å². The minimum Gasteiger partial charge on any atom is -0.489 e. The first-order valence-corrected chi connectivity index (χ1v) is 8.64. The molecule has 140 valence electrons. The Morgan fingerprint density at radius 2 is 1.86 bits per heavy atom. The Morgan fingerprint density at radius 3 is 2.57 bits per heavy atom. The smallest absolute Gasteiger partial charge is 0.280 e. The van der Waals surface area contributed by atoms with Gasteiger partial charge < -0.3 is 16.2 Å². The molecule has 0 atom stereocenters. The molecule has 2 aromatic carbocycles. The number of pyridine rings is 1. The number of amides is 1. The fourth-order valence-electron chi connectivity index (χ4n) is 2.57. The van der Waals surface area contributed by atoms with Crippen LogP contribution in [0.15, 0.2) is 84.1 Å². The maximum atomic E-state index is 12.5. The van der Waals surface area contributed by atoms with E-state index in [0.29, 0.717) is 23.5 Å². The van der Waals surface area contributed by atoms with Gasteiger partial charge in [0, 0.05) is 18.0 Å². The maximum Gasteiger partial charge on any atom is 0.280 e.